The number of esters is 1. The molecule has 1 unspecified atom stereocenters. The maximum atomic E-state index is 12.2. The van der Waals surface area contributed by atoms with Crippen LogP contribution in [0.3, 0.4) is 0 Å². The van der Waals surface area contributed by atoms with E-state index < -0.39 is 0 Å². The van der Waals surface area contributed by atoms with Gasteiger partial charge in [-0.25, -0.2) is 4.79 Å². The molecule has 1 amide bonds. The zero-order chi connectivity index (χ0) is 15.2. The van der Waals surface area contributed by atoms with Crippen molar-refractivity contribution in [3.8, 4) is 0 Å². The van der Waals surface area contributed by atoms with Crippen molar-refractivity contribution in [2.24, 2.45) is 0 Å². The number of likely N-dealkylation sites (tertiary alicyclic amines) is 1. The largest absolute Gasteiger partial charge is 0.467 e. The second-order valence-corrected chi connectivity index (χ2v) is 6.35. The highest BCUT2D eigenvalue weighted by molar-refractivity contribution is 7.99. The molecule has 0 bridgehead atoms. The lowest BCUT2D eigenvalue weighted by atomic mass is 10.2. The van der Waals surface area contributed by atoms with E-state index >= 15 is 0 Å². The molecule has 0 radical (unpaired) electrons. The number of thioether (sulfide) groups is 1. The Balaban J connectivity index is 1.81. The molecule has 0 aromatic heterocycles. The highest BCUT2D eigenvalue weighted by atomic mass is 32.2. The number of hydrogen-bond donors (Lipinski definition) is 0. The van der Waals surface area contributed by atoms with Crippen molar-refractivity contribution < 1.29 is 14.3 Å². The van der Waals surface area contributed by atoms with Crippen LogP contribution in [0.4, 0.5) is 0 Å². The molecule has 1 aliphatic rings. The molecule has 0 N–H and O–H groups in total. The lowest BCUT2D eigenvalue weighted by Crippen LogP contribution is -2.41. The number of nitrogens with zero attached hydrogens (tertiary/aromatic N) is 1. The number of rotatable bonds is 5. The van der Waals surface area contributed by atoms with E-state index in [0.717, 1.165) is 12.2 Å². The van der Waals surface area contributed by atoms with Gasteiger partial charge in [0.25, 0.3) is 0 Å². The van der Waals surface area contributed by atoms with E-state index in [4.69, 9.17) is 4.74 Å². The molecule has 2 rings (SSSR count). The number of aryl methyl sites for hydroxylation is 1. The van der Waals surface area contributed by atoms with Crippen molar-refractivity contribution in [1.82, 2.24) is 4.90 Å². The Hall–Kier alpha value is -1.49. The summed E-state index contributed by atoms with van der Waals surface area (Å²) in [7, 11) is 1.37. The average molecular weight is 307 g/mol. The molecule has 1 fully saturated rings. The Kier molecular flexibility index (Phi) is 5.67. The number of hydrogen-bond acceptors (Lipinski definition) is 4. The molecule has 114 valence electrons. The van der Waals surface area contributed by atoms with Gasteiger partial charge in [0.2, 0.25) is 5.91 Å². The van der Waals surface area contributed by atoms with E-state index in [0.29, 0.717) is 19.4 Å². The summed E-state index contributed by atoms with van der Waals surface area (Å²) in [6, 6.07) is 7.89. The first-order chi connectivity index (χ1) is 10.1. The van der Waals surface area contributed by atoms with Crippen molar-refractivity contribution in [1.29, 1.82) is 0 Å². The van der Waals surface area contributed by atoms with Gasteiger partial charge >= 0.3 is 5.97 Å². The molecule has 1 aromatic rings. The van der Waals surface area contributed by atoms with Gasteiger partial charge in [-0.2, -0.15) is 0 Å². The molecule has 1 aromatic carbocycles. The summed E-state index contributed by atoms with van der Waals surface area (Å²) in [5, 5.41) is 0. The van der Waals surface area contributed by atoms with Crippen molar-refractivity contribution >= 4 is 23.6 Å². The van der Waals surface area contributed by atoms with E-state index in [1.54, 1.807) is 16.7 Å². The molecule has 0 spiro atoms. The minimum absolute atomic E-state index is 0.0440. The fraction of sp³-hybridized carbons (Fsp3) is 0.500. The summed E-state index contributed by atoms with van der Waals surface area (Å²) in [4.78, 5) is 26.7. The molecule has 0 aliphatic carbocycles. The van der Waals surface area contributed by atoms with Crippen LogP contribution >= 0.6 is 11.8 Å². The van der Waals surface area contributed by atoms with Gasteiger partial charge in [0.15, 0.2) is 0 Å². The second-order valence-electron chi connectivity index (χ2n) is 5.18. The molecule has 1 heterocycles. The highest BCUT2D eigenvalue weighted by Gasteiger charge is 2.34. The molecule has 4 nitrogen and oxygen atoms in total. The first kappa shape index (κ1) is 15.9. The number of methoxy groups -OCH3 is 1. The topological polar surface area (TPSA) is 46.6 Å². The molecule has 0 saturated carbocycles. The van der Waals surface area contributed by atoms with Gasteiger partial charge in [0, 0.05) is 23.6 Å². The fourth-order valence-electron chi connectivity index (χ4n) is 2.48. The summed E-state index contributed by atoms with van der Waals surface area (Å²) < 4.78 is 4.76. The van der Waals surface area contributed by atoms with Gasteiger partial charge in [-0.1, -0.05) is 17.7 Å². The van der Waals surface area contributed by atoms with Gasteiger partial charge in [0.05, 0.1) is 7.11 Å². The van der Waals surface area contributed by atoms with Crippen LogP contribution in [0.2, 0.25) is 0 Å². The second kappa shape index (κ2) is 7.50. The quantitative estimate of drug-likeness (QED) is 0.620. The highest BCUT2D eigenvalue weighted by Crippen LogP contribution is 2.22. The van der Waals surface area contributed by atoms with Gasteiger partial charge in [-0.15, -0.1) is 11.8 Å². The smallest absolute Gasteiger partial charge is 0.328 e. The summed E-state index contributed by atoms with van der Waals surface area (Å²) in [5.74, 6) is 0.473. The monoisotopic (exact) mass is 307 g/mol. The van der Waals surface area contributed by atoms with Crippen LogP contribution in [-0.2, 0) is 14.3 Å². The number of carbonyl (C=O) groups is 2. The van der Waals surface area contributed by atoms with Crippen LogP contribution in [0.15, 0.2) is 29.2 Å². The summed E-state index contributed by atoms with van der Waals surface area (Å²) in [5.41, 5.74) is 1.23. The zero-order valence-corrected chi connectivity index (χ0v) is 13.3. The number of carbonyl (C=O) groups excluding carboxylic acids is 2. The molecule has 1 saturated heterocycles. The van der Waals surface area contributed by atoms with Crippen molar-refractivity contribution in [2.75, 3.05) is 19.4 Å². The van der Waals surface area contributed by atoms with E-state index in [-0.39, 0.29) is 17.9 Å². The molecule has 1 atom stereocenters. The summed E-state index contributed by atoms with van der Waals surface area (Å²) in [6.45, 7) is 2.71. The standard InChI is InChI=1S/C16H21NO3S/c1-12-5-7-13(8-6-12)21-11-9-15(18)17-10-3-4-14(17)16(19)20-2/h5-8,14H,3-4,9-11H2,1-2H3. The van der Waals surface area contributed by atoms with Crippen LogP contribution in [0.5, 0.6) is 0 Å². The number of benzene rings is 1. The SMILES string of the molecule is COC(=O)C1CCCN1C(=O)CCSc1ccc(C)cc1. The van der Waals surface area contributed by atoms with E-state index in [1.807, 2.05) is 0 Å². The molecular formula is C16H21NO3S. The number of ether oxygens (including phenoxy) is 1. The van der Waals surface area contributed by atoms with Gasteiger partial charge < -0.3 is 9.64 Å². The van der Waals surface area contributed by atoms with Gasteiger partial charge in [0.1, 0.15) is 6.04 Å². The third-order valence-corrected chi connectivity index (χ3v) is 4.67. The Labute approximate surface area is 129 Å². The Morgan fingerprint density at radius 3 is 2.71 bits per heavy atom. The molecule has 21 heavy (non-hydrogen) atoms. The average Bonchev–Trinajstić information content (AvgIpc) is 2.98. The minimum atomic E-state index is -0.383. The van der Waals surface area contributed by atoms with Gasteiger partial charge in [-0.05, 0) is 31.9 Å². The van der Waals surface area contributed by atoms with Gasteiger partial charge in [-0.3, -0.25) is 4.79 Å². The van der Waals surface area contributed by atoms with Crippen molar-refractivity contribution in [3.05, 3.63) is 29.8 Å². The van der Waals surface area contributed by atoms with E-state index in [9.17, 15) is 9.59 Å². The first-order valence-corrected chi connectivity index (χ1v) is 8.17. The lowest BCUT2D eigenvalue weighted by molar-refractivity contribution is -0.150. The first-order valence-electron chi connectivity index (χ1n) is 7.18. The molecule has 5 heteroatoms. The maximum Gasteiger partial charge on any atom is 0.328 e. The molecular weight excluding hydrogens is 286 g/mol. The summed E-state index contributed by atoms with van der Waals surface area (Å²) in [6.07, 6.45) is 2.03. The van der Waals surface area contributed by atoms with Crippen LogP contribution in [-0.4, -0.2) is 42.2 Å². The van der Waals surface area contributed by atoms with Crippen LogP contribution < -0.4 is 0 Å². The molecule has 1 aliphatic heterocycles. The lowest BCUT2D eigenvalue weighted by Gasteiger charge is -2.22. The Morgan fingerprint density at radius 2 is 2.05 bits per heavy atom. The Bertz CT molecular complexity index is 501. The minimum Gasteiger partial charge on any atom is -0.467 e. The maximum absolute atomic E-state index is 12.2. The van der Waals surface area contributed by atoms with Crippen molar-refractivity contribution in [3.63, 3.8) is 0 Å². The van der Waals surface area contributed by atoms with E-state index in [2.05, 4.69) is 31.2 Å². The number of amides is 1. The van der Waals surface area contributed by atoms with E-state index in [1.165, 1.54) is 17.6 Å². The zero-order valence-electron chi connectivity index (χ0n) is 12.5. The van der Waals surface area contributed by atoms with Crippen molar-refractivity contribution in [2.45, 2.75) is 37.1 Å². The predicted molar refractivity (Wildman–Crippen MR) is 83.3 cm³/mol. The normalized spacial score (nSPS) is 17.8. The third-order valence-electron chi connectivity index (χ3n) is 3.65. The van der Waals surface area contributed by atoms with Crippen LogP contribution in [0.1, 0.15) is 24.8 Å². The third kappa shape index (κ3) is 4.24. The predicted octanol–water partition coefficient (Wildman–Crippen LogP) is 2.64. The Morgan fingerprint density at radius 1 is 1.33 bits per heavy atom. The van der Waals surface area contributed by atoms with Crippen LogP contribution in [0, 0.1) is 6.92 Å². The summed E-state index contributed by atoms with van der Waals surface area (Å²) >= 11 is 1.67. The van der Waals surface area contributed by atoms with Crippen LogP contribution in [0.25, 0.3) is 0 Å². The fourth-order valence-corrected chi connectivity index (χ4v) is 3.32.